The molecular formula is C17H21F2N3O3. The zero-order valence-corrected chi connectivity index (χ0v) is 14.5. The summed E-state index contributed by atoms with van der Waals surface area (Å²) in [5.74, 6) is -1.70. The second-order valence-electron chi connectivity index (χ2n) is 6.84. The van der Waals surface area contributed by atoms with E-state index in [1.807, 2.05) is 27.7 Å². The Balaban J connectivity index is 2.59. The maximum atomic E-state index is 14.4. The van der Waals surface area contributed by atoms with Crippen LogP contribution in [0.1, 0.15) is 56.9 Å². The van der Waals surface area contributed by atoms with Crippen LogP contribution < -0.4 is 5.32 Å². The van der Waals surface area contributed by atoms with Crippen molar-refractivity contribution in [3.63, 3.8) is 0 Å². The number of nitrogens with zero attached hydrogens (tertiary/aromatic N) is 2. The third-order valence-electron chi connectivity index (χ3n) is 3.91. The number of carbonyl (C=O) groups is 1. The van der Waals surface area contributed by atoms with Gasteiger partial charge in [0.05, 0.1) is 0 Å². The van der Waals surface area contributed by atoms with Crippen molar-refractivity contribution >= 4 is 6.09 Å². The molecule has 2 rings (SSSR count). The summed E-state index contributed by atoms with van der Waals surface area (Å²) in [6, 6.07) is 2.25. The van der Waals surface area contributed by atoms with E-state index in [0.29, 0.717) is 12.2 Å². The molecule has 1 unspecified atom stereocenters. The first-order valence-corrected chi connectivity index (χ1v) is 7.90. The van der Waals surface area contributed by atoms with Crippen LogP contribution in [0.2, 0.25) is 0 Å². The van der Waals surface area contributed by atoms with Crippen LogP contribution in [0.4, 0.5) is 13.6 Å². The van der Waals surface area contributed by atoms with E-state index in [-0.39, 0.29) is 11.5 Å². The van der Waals surface area contributed by atoms with Crippen LogP contribution in [0, 0.1) is 17.0 Å². The average Bonchev–Trinajstić information content (AvgIpc) is 2.96. The Morgan fingerprint density at radius 1 is 1.36 bits per heavy atom. The Hall–Kier alpha value is -2.51. The number of benzene rings is 1. The number of hydrogen-bond donors (Lipinski definition) is 2. The number of aryl methyl sites for hydroxylation is 1. The molecule has 2 N–H and O–H groups in total. The monoisotopic (exact) mass is 353 g/mol. The van der Waals surface area contributed by atoms with Crippen LogP contribution in [0.25, 0.3) is 0 Å². The Morgan fingerprint density at radius 3 is 2.52 bits per heavy atom. The molecule has 0 fully saturated rings. The van der Waals surface area contributed by atoms with Crippen molar-refractivity contribution in [2.45, 2.75) is 46.1 Å². The maximum Gasteiger partial charge on any atom is 0.405 e. The van der Waals surface area contributed by atoms with Crippen LogP contribution in [0.15, 0.2) is 22.7 Å². The van der Waals surface area contributed by atoms with Crippen LogP contribution in [0.5, 0.6) is 0 Å². The summed E-state index contributed by atoms with van der Waals surface area (Å²) >= 11 is 0. The third kappa shape index (κ3) is 4.32. The number of rotatable bonds is 5. The van der Waals surface area contributed by atoms with Gasteiger partial charge in [-0.05, 0) is 17.0 Å². The summed E-state index contributed by atoms with van der Waals surface area (Å²) in [6.45, 7) is 7.31. The molecule has 8 heteroatoms. The first-order valence-electron chi connectivity index (χ1n) is 7.90. The van der Waals surface area contributed by atoms with Crippen molar-refractivity contribution in [1.82, 2.24) is 15.5 Å². The summed E-state index contributed by atoms with van der Waals surface area (Å²) in [6.07, 6.45) is -0.799. The van der Waals surface area contributed by atoms with Gasteiger partial charge in [-0.15, -0.1) is 0 Å². The Labute approximate surface area is 144 Å². The Morgan fingerprint density at radius 2 is 2.04 bits per heavy atom. The van der Waals surface area contributed by atoms with Gasteiger partial charge >= 0.3 is 6.09 Å². The van der Waals surface area contributed by atoms with Crippen LogP contribution in [-0.2, 0) is 6.42 Å². The minimum Gasteiger partial charge on any atom is -0.465 e. The van der Waals surface area contributed by atoms with Gasteiger partial charge in [0.25, 0.3) is 0 Å². The Kier molecular flexibility index (Phi) is 5.39. The minimum absolute atomic E-state index is 0.0444. The van der Waals surface area contributed by atoms with Crippen LogP contribution >= 0.6 is 0 Å². The molecule has 0 aliphatic rings. The van der Waals surface area contributed by atoms with E-state index in [1.165, 1.54) is 6.07 Å². The number of nitrogens with one attached hydrogen (secondary N) is 1. The van der Waals surface area contributed by atoms with E-state index in [0.717, 1.165) is 12.1 Å². The van der Waals surface area contributed by atoms with Crippen molar-refractivity contribution in [1.29, 1.82) is 0 Å². The van der Waals surface area contributed by atoms with Crippen molar-refractivity contribution in [2.24, 2.45) is 5.41 Å². The standard InChI is InChI=1S/C17H21F2N3O3/c1-5-12-20-15(25-22-12)14(21-16(23)24)13(17(2,3)4)10-7-6-9(18)8-11(10)19/h6-8,13-14,21H,5H2,1-4H3,(H,23,24)/t13-,14?/m0/s1. The molecule has 2 atom stereocenters. The fraction of sp³-hybridized carbons (Fsp3) is 0.471. The van der Waals surface area contributed by atoms with Gasteiger partial charge in [0.15, 0.2) is 5.82 Å². The van der Waals surface area contributed by atoms with Crippen molar-refractivity contribution in [3.05, 3.63) is 47.1 Å². The second-order valence-corrected chi connectivity index (χ2v) is 6.84. The molecular weight excluding hydrogens is 332 g/mol. The molecule has 1 aromatic carbocycles. The van der Waals surface area contributed by atoms with Crippen molar-refractivity contribution < 1.29 is 23.2 Å². The molecule has 0 saturated carbocycles. The fourth-order valence-electron chi connectivity index (χ4n) is 2.86. The molecule has 25 heavy (non-hydrogen) atoms. The van der Waals surface area contributed by atoms with E-state index in [2.05, 4.69) is 15.5 Å². The lowest BCUT2D eigenvalue weighted by molar-refractivity contribution is 0.166. The number of hydrogen-bond acceptors (Lipinski definition) is 4. The zero-order chi connectivity index (χ0) is 18.8. The van der Waals surface area contributed by atoms with Gasteiger partial charge in [-0.1, -0.05) is 38.9 Å². The lowest BCUT2D eigenvalue weighted by Crippen LogP contribution is -2.37. The van der Waals surface area contributed by atoms with Crippen LogP contribution in [-0.4, -0.2) is 21.3 Å². The molecule has 1 amide bonds. The molecule has 0 aliphatic carbocycles. The van der Waals surface area contributed by atoms with Gasteiger partial charge in [-0.2, -0.15) is 4.98 Å². The number of halogens is 2. The molecule has 0 bridgehead atoms. The Bertz CT molecular complexity index is 756. The van der Waals surface area contributed by atoms with Gasteiger partial charge in [-0.3, -0.25) is 0 Å². The number of amides is 1. The van der Waals surface area contributed by atoms with Gasteiger partial charge in [-0.25, -0.2) is 13.6 Å². The SMILES string of the molecule is CCc1noc(C(NC(=O)O)[C@H](c2ccc(F)cc2F)C(C)(C)C)n1. The third-order valence-corrected chi connectivity index (χ3v) is 3.91. The predicted octanol–water partition coefficient (Wildman–Crippen LogP) is 4.05. The van der Waals surface area contributed by atoms with Gasteiger partial charge in [0, 0.05) is 18.4 Å². The van der Waals surface area contributed by atoms with E-state index in [4.69, 9.17) is 4.52 Å². The maximum absolute atomic E-state index is 14.4. The molecule has 1 aromatic heterocycles. The van der Waals surface area contributed by atoms with E-state index < -0.39 is 35.1 Å². The molecule has 0 aliphatic heterocycles. The largest absolute Gasteiger partial charge is 0.465 e. The summed E-state index contributed by atoms with van der Waals surface area (Å²) in [4.78, 5) is 15.5. The highest BCUT2D eigenvalue weighted by atomic mass is 19.1. The lowest BCUT2D eigenvalue weighted by Gasteiger charge is -2.35. The first kappa shape index (κ1) is 18.8. The summed E-state index contributed by atoms with van der Waals surface area (Å²) in [5.41, 5.74) is -0.420. The highest BCUT2D eigenvalue weighted by Gasteiger charge is 2.40. The molecule has 0 spiro atoms. The van der Waals surface area contributed by atoms with Crippen LogP contribution in [0.3, 0.4) is 0 Å². The molecule has 0 saturated heterocycles. The second kappa shape index (κ2) is 7.16. The topological polar surface area (TPSA) is 88.2 Å². The molecule has 2 aromatic rings. The normalized spacial score (nSPS) is 14.2. The lowest BCUT2D eigenvalue weighted by atomic mass is 9.72. The van der Waals surface area contributed by atoms with Crippen molar-refractivity contribution in [3.8, 4) is 0 Å². The number of aromatic nitrogens is 2. The fourth-order valence-corrected chi connectivity index (χ4v) is 2.86. The zero-order valence-electron chi connectivity index (χ0n) is 14.5. The minimum atomic E-state index is -1.31. The van der Waals surface area contributed by atoms with Gasteiger partial charge in [0.1, 0.15) is 17.7 Å². The van der Waals surface area contributed by atoms with E-state index in [9.17, 15) is 18.7 Å². The van der Waals surface area contributed by atoms with E-state index >= 15 is 0 Å². The summed E-state index contributed by atoms with van der Waals surface area (Å²) < 4.78 is 32.9. The highest BCUT2D eigenvalue weighted by Crippen LogP contribution is 2.44. The smallest absolute Gasteiger partial charge is 0.405 e. The first-order chi connectivity index (χ1) is 11.6. The van der Waals surface area contributed by atoms with E-state index in [1.54, 1.807) is 0 Å². The summed E-state index contributed by atoms with van der Waals surface area (Å²) in [5, 5.41) is 15.4. The summed E-state index contributed by atoms with van der Waals surface area (Å²) in [7, 11) is 0. The molecule has 136 valence electrons. The quantitative estimate of drug-likeness (QED) is 0.847. The van der Waals surface area contributed by atoms with Gasteiger partial charge in [0.2, 0.25) is 5.89 Å². The predicted molar refractivity (Wildman–Crippen MR) is 86.1 cm³/mol. The van der Waals surface area contributed by atoms with Crippen molar-refractivity contribution in [2.75, 3.05) is 0 Å². The molecule has 6 nitrogen and oxygen atoms in total. The average molecular weight is 353 g/mol. The highest BCUT2D eigenvalue weighted by molar-refractivity contribution is 5.65. The molecule has 1 heterocycles. The van der Waals surface area contributed by atoms with Gasteiger partial charge < -0.3 is 14.9 Å². The number of carboxylic acid groups (broad SMARTS) is 1. The molecule has 0 radical (unpaired) electrons.